The van der Waals surface area contributed by atoms with Crippen LogP contribution in [0.15, 0.2) is 18.2 Å². The van der Waals surface area contributed by atoms with Crippen molar-refractivity contribution in [3.63, 3.8) is 0 Å². The van der Waals surface area contributed by atoms with Crippen molar-refractivity contribution in [2.45, 2.75) is 89.1 Å². The molecule has 0 unspecified atom stereocenters. The lowest BCUT2D eigenvalue weighted by Crippen LogP contribution is -2.54. The molecular weight excluding hydrogens is 523 g/mol. The fourth-order valence-electron chi connectivity index (χ4n) is 3.54. The molecule has 0 heterocycles. The van der Waals surface area contributed by atoms with Crippen molar-refractivity contribution < 1.29 is 27.6 Å². The Bertz CT molecular complexity index is 697. The lowest BCUT2D eigenvalue weighted by Gasteiger charge is -2.27. The second-order valence-electron chi connectivity index (χ2n) is 8.49. The summed E-state index contributed by atoms with van der Waals surface area (Å²) in [5, 5.41) is 16.6. The first kappa shape index (κ1) is 36.1. The van der Waals surface area contributed by atoms with Crippen molar-refractivity contribution in [1.82, 2.24) is 10.6 Å². The molecular formula is C23H39Cl2F2N3O4S. The lowest BCUT2D eigenvalue weighted by atomic mass is 10.00. The number of halogens is 4. The molecule has 1 aromatic carbocycles. The fraction of sp³-hybridized carbons (Fsp3) is 0.696. The Kier molecular flexibility index (Phi) is 20.8. The third-order valence-electron chi connectivity index (χ3n) is 5.43. The number of ether oxygens (including phenoxy) is 1. The molecule has 1 aliphatic rings. The van der Waals surface area contributed by atoms with Gasteiger partial charge in [0.1, 0.15) is 17.7 Å². The van der Waals surface area contributed by atoms with Crippen LogP contribution in [0, 0.1) is 11.6 Å². The van der Waals surface area contributed by atoms with E-state index in [1.807, 2.05) is 0 Å². The van der Waals surface area contributed by atoms with E-state index < -0.39 is 35.7 Å². The zero-order chi connectivity index (χ0) is 24.8. The van der Waals surface area contributed by atoms with Gasteiger partial charge in [0.15, 0.2) is 12.5 Å². The summed E-state index contributed by atoms with van der Waals surface area (Å²) < 4.78 is 40.8. The average Bonchev–Trinajstić information content (AvgIpc) is 3.60. The zero-order valence-electron chi connectivity index (χ0n) is 20.2. The summed E-state index contributed by atoms with van der Waals surface area (Å²) >= 11 is 2.83. The number of carbonyl (C=O) groups excluding carboxylic acids is 1. The number of amides is 1. The van der Waals surface area contributed by atoms with Crippen LogP contribution in [0.5, 0.6) is 0 Å². The first-order valence-electron chi connectivity index (χ1n) is 11.5. The molecule has 2 rings (SSSR count). The van der Waals surface area contributed by atoms with Crippen LogP contribution in [0.2, 0.25) is 0 Å². The summed E-state index contributed by atoms with van der Waals surface area (Å²) in [4.78, 5) is 12.7. The van der Waals surface area contributed by atoms with Crippen molar-refractivity contribution in [3.05, 3.63) is 35.4 Å². The van der Waals surface area contributed by atoms with Gasteiger partial charge in [0.05, 0.1) is 24.9 Å². The van der Waals surface area contributed by atoms with Crippen molar-refractivity contribution >= 4 is 43.3 Å². The Morgan fingerprint density at radius 3 is 2.17 bits per heavy atom. The van der Waals surface area contributed by atoms with Crippen LogP contribution in [-0.2, 0) is 28.5 Å². The summed E-state index contributed by atoms with van der Waals surface area (Å²) in [5.41, 5.74) is 6.38. The van der Waals surface area contributed by atoms with E-state index in [0.717, 1.165) is 44.6 Å². The van der Waals surface area contributed by atoms with E-state index >= 15 is 0 Å². The van der Waals surface area contributed by atoms with Crippen LogP contribution in [0.3, 0.4) is 0 Å². The third-order valence-corrected chi connectivity index (χ3v) is 5.43. The molecule has 0 saturated heterocycles. The minimum absolute atomic E-state index is 0. The Hall–Kier alpha value is -1.01. The quantitative estimate of drug-likeness (QED) is 0.260. The molecule has 0 aliphatic heterocycles. The molecule has 1 fully saturated rings. The summed E-state index contributed by atoms with van der Waals surface area (Å²) in [5.74, 6) is -1.86. The fourth-order valence-corrected chi connectivity index (χ4v) is 3.54. The Labute approximate surface area is 224 Å². The molecule has 1 amide bonds. The standard InChI is InChI=1S/C23H37F2N3O3.2ClH.OS/c1-3-5-19(6-4-2)31-14-20(26)23(30)28-21(22(29)13-27-18-7-8-18)11-15-9-16(24)12-17(25)10-15;;;1-2/h9-10,12,18-22,27,29H,3-8,11,13-14,26H2,1-2H3,(H,28,30);2*1H;/t20-,21+,22-;;;/m1.../s1. The lowest BCUT2D eigenvalue weighted by molar-refractivity contribution is -0.126. The summed E-state index contributed by atoms with van der Waals surface area (Å²) in [6.45, 7) is 4.51. The highest BCUT2D eigenvalue weighted by molar-refractivity contribution is 7.44. The van der Waals surface area contributed by atoms with E-state index in [4.69, 9.17) is 14.7 Å². The number of aliphatic hydroxyl groups is 1. The zero-order valence-corrected chi connectivity index (χ0v) is 22.7. The smallest absolute Gasteiger partial charge is 0.239 e. The Morgan fingerprint density at radius 1 is 1.14 bits per heavy atom. The van der Waals surface area contributed by atoms with Gasteiger partial charge in [0, 0.05) is 18.7 Å². The van der Waals surface area contributed by atoms with E-state index in [-0.39, 0.29) is 50.5 Å². The van der Waals surface area contributed by atoms with Crippen LogP contribution in [0.4, 0.5) is 8.78 Å². The van der Waals surface area contributed by atoms with Crippen LogP contribution in [-0.4, -0.2) is 58.7 Å². The predicted octanol–water partition coefficient (Wildman–Crippen LogP) is 2.93. The molecule has 5 N–H and O–H groups in total. The number of hydrogen-bond acceptors (Lipinski definition) is 7. The van der Waals surface area contributed by atoms with Crippen LogP contribution in [0.25, 0.3) is 0 Å². The second-order valence-corrected chi connectivity index (χ2v) is 8.49. The number of nitrogens with one attached hydrogen (secondary N) is 2. The highest BCUT2D eigenvalue weighted by Crippen LogP contribution is 2.19. The number of nitrogens with two attached hydrogens (primary N) is 1. The van der Waals surface area contributed by atoms with Gasteiger partial charge in [0.25, 0.3) is 0 Å². The molecule has 1 saturated carbocycles. The number of carbonyl (C=O) groups is 1. The van der Waals surface area contributed by atoms with Gasteiger partial charge in [-0.25, -0.2) is 8.78 Å². The highest BCUT2D eigenvalue weighted by atomic mass is 35.5. The minimum atomic E-state index is -0.933. The number of rotatable bonds is 15. The van der Waals surface area contributed by atoms with Crippen molar-refractivity contribution in [2.24, 2.45) is 5.73 Å². The van der Waals surface area contributed by atoms with Crippen molar-refractivity contribution in [2.75, 3.05) is 13.2 Å². The Morgan fingerprint density at radius 2 is 1.69 bits per heavy atom. The molecule has 1 aliphatic carbocycles. The van der Waals surface area contributed by atoms with Gasteiger partial charge in [-0.2, -0.15) is 4.21 Å². The normalized spacial score (nSPS) is 15.1. The van der Waals surface area contributed by atoms with E-state index in [2.05, 4.69) is 37.0 Å². The minimum Gasteiger partial charge on any atom is -0.390 e. The summed E-state index contributed by atoms with van der Waals surface area (Å²) in [7, 11) is 0. The van der Waals surface area contributed by atoms with Crippen molar-refractivity contribution in [3.8, 4) is 0 Å². The monoisotopic (exact) mass is 561 g/mol. The molecule has 1 aromatic rings. The molecule has 7 nitrogen and oxygen atoms in total. The van der Waals surface area contributed by atoms with E-state index in [0.29, 0.717) is 11.6 Å². The largest absolute Gasteiger partial charge is 0.390 e. The molecule has 0 radical (unpaired) electrons. The van der Waals surface area contributed by atoms with E-state index in [1.54, 1.807) is 0 Å². The second kappa shape index (κ2) is 20.1. The van der Waals surface area contributed by atoms with Gasteiger partial charge in [-0.05, 0) is 49.8 Å². The molecule has 12 heteroatoms. The van der Waals surface area contributed by atoms with Crippen LogP contribution >= 0.6 is 24.8 Å². The first-order valence-corrected chi connectivity index (χ1v) is 11.9. The number of hydrogen-bond donors (Lipinski definition) is 4. The van der Waals surface area contributed by atoms with Gasteiger partial charge in [-0.15, -0.1) is 24.8 Å². The molecule has 3 atom stereocenters. The highest BCUT2D eigenvalue weighted by Gasteiger charge is 2.28. The SMILES string of the molecule is CCCC(CCC)OC[C@@H](N)C(=O)N[C@@H](Cc1cc(F)cc(F)c1)[C@H](O)CNC1CC1.Cl.Cl.O=S. The third kappa shape index (κ3) is 15.0. The molecule has 0 aromatic heterocycles. The van der Waals surface area contributed by atoms with E-state index in [1.165, 1.54) is 12.1 Å². The van der Waals surface area contributed by atoms with Gasteiger partial charge < -0.3 is 26.2 Å². The molecule has 0 spiro atoms. The van der Waals surface area contributed by atoms with Crippen LogP contribution in [0.1, 0.15) is 57.9 Å². The number of aliphatic hydroxyl groups excluding tert-OH is 1. The van der Waals surface area contributed by atoms with E-state index in [9.17, 15) is 18.7 Å². The van der Waals surface area contributed by atoms with Gasteiger partial charge >= 0.3 is 0 Å². The van der Waals surface area contributed by atoms with Crippen LogP contribution < -0.4 is 16.4 Å². The van der Waals surface area contributed by atoms with Gasteiger partial charge in [0.2, 0.25) is 5.91 Å². The summed E-state index contributed by atoms with van der Waals surface area (Å²) in [6, 6.07) is 1.93. The number of benzene rings is 1. The first-order chi connectivity index (χ1) is 15.8. The summed E-state index contributed by atoms with van der Waals surface area (Å²) in [6.07, 6.45) is 5.09. The molecule has 204 valence electrons. The predicted molar refractivity (Wildman–Crippen MR) is 139 cm³/mol. The average molecular weight is 563 g/mol. The van der Waals surface area contributed by atoms with Crippen molar-refractivity contribution in [1.29, 1.82) is 0 Å². The molecule has 0 bridgehead atoms. The van der Waals surface area contributed by atoms with Gasteiger partial charge in [-0.1, -0.05) is 26.7 Å². The molecule has 35 heavy (non-hydrogen) atoms. The van der Waals surface area contributed by atoms with Gasteiger partial charge in [-0.3, -0.25) is 4.79 Å². The maximum Gasteiger partial charge on any atom is 0.239 e. The topological polar surface area (TPSA) is 114 Å². The maximum absolute atomic E-state index is 13.6. The Balaban J connectivity index is 0. The maximum atomic E-state index is 13.6.